The van der Waals surface area contributed by atoms with Gasteiger partial charge in [0, 0.05) is 12.2 Å². The van der Waals surface area contributed by atoms with Crippen LogP contribution >= 0.6 is 0 Å². The van der Waals surface area contributed by atoms with Crippen LogP contribution in [0.4, 0.5) is 5.69 Å². The number of hydrogen-bond donors (Lipinski definition) is 1. The van der Waals surface area contributed by atoms with Crippen molar-refractivity contribution >= 4 is 5.69 Å². The van der Waals surface area contributed by atoms with E-state index in [0.717, 1.165) is 12.5 Å². The number of allylic oxidation sites excluding steroid dienone is 2. The molecule has 86 valence electrons. The van der Waals surface area contributed by atoms with Gasteiger partial charge in [0.15, 0.2) is 0 Å². The number of benzene rings is 1. The molecule has 1 aliphatic carbocycles. The van der Waals surface area contributed by atoms with Gasteiger partial charge in [-0.1, -0.05) is 29.8 Å². The van der Waals surface area contributed by atoms with E-state index in [9.17, 15) is 0 Å². The van der Waals surface area contributed by atoms with Crippen LogP contribution in [-0.2, 0) is 0 Å². The monoisotopic (exact) mass is 215 g/mol. The van der Waals surface area contributed by atoms with Crippen molar-refractivity contribution in [3.63, 3.8) is 0 Å². The van der Waals surface area contributed by atoms with E-state index in [0.29, 0.717) is 0 Å². The smallest absolute Gasteiger partial charge is 0.0370 e. The Labute approximate surface area is 98.6 Å². The third-order valence-electron chi connectivity index (χ3n) is 3.34. The molecule has 16 heavy (non-hydrogen) atoms. The summed E-state index contributed by atoms with van der Waals surface area (Å²) in [4.78, 5) is 0. The summed E-state index contributed by atoms with van der Waals surface area (Å²) in [6.45, 7) is 5.42. The van der Waals surface area contributed by atoms with Gasteiger partial charge in [-0.25, -0.2) is 0 Å². The van der Waals surface area contributed by atoms with Crippen LogP contribution in [0.2, 0.25) is 0 Å². The molecular weight excluding hydrogens is 194 g/mol. The van der Waals surface area contributed by atoms with Crippen LogP contribution in [0, 0.1) is 19.8 Å². The first-order valence-electron chi connectivity index (χ1n) is 6.22. The quantitative estimate of drug-likeness (QED) is 0.749. The zero-order valence-electron chi connectivity index (χ0n) is 10.3. The Morgan fingerprint density at radius 2 is 2.12 bits per heavy atom. The maximum Gasteiger partial charge on any atom is 0.0370 e. The molecule has 0 saturated heterocycles. The highest BCUT2D eigenvalue weighted by Crippen LogP contribution is 2.21. The van der Waals surface area contributed by atoms with Gasteiger partial charge in [-0.15, -0.1) is 0 Å². The molecule has 2 rings (SSSR count). The zero-order chi connectivity index (χ0) is 11.4. The molecule has 1 N–H and O–H groups in total. The van der Waals surface area contributed by atoms with Gasteiger partial charge in [0.05, 0.1) is 0 Å². The molecule has 0 amide bonds. The van der Waals surface area contributed by atoms with Crippen molar-refractivity contribution in [1.29, 1.82) is 0 Å². The maximum atomic E-state index is 3.58. The van der Waals surface area contributed by atoms with E-state index >= 15 is 0 Å². The lowest BCUT2D eigenvalue weighted by Crippen LogP contribution is -2.15. The van der Waals surface area contributed by atoms with Crippen molar-refractivity contribution in [2.45, 2.75) is 33.1 Å². The molecule has 0 saturated carbocycles. The zero-order valence-corrected chi connectivity index (χ0v) is 10.3. The molecule has 1 aliphatic rings. The third-order valence-corrected chi connectivity index (χ3v) is 3.34. The first-order valence-corrected chi connectivity index (χ1v) is 6.22. The van der Waals surface area contributed by atoms with Gasteiger partial charge in [0.2, 0.25) is 0 Å². The van der Waals surface area contributed by atoms with Crippen LogP contribution in [0.15, 0.2) is 30.4 Å². The van der Waals surface area contributed by atoms with Gasteiger partial charge < -0.3 is 5.32 Å². The number of aryl methyl sites for hydroxylation is 2. The SMILES string of the molecule is Cc1ccc(NCC2CC=CCC2)c(C)c1. The number of anilines is 1. The van der Waals surface area contributed by atoms with E-state index in [4.69, 9.17) is 0 Å². The minimum atomic E-state index is 0.811. The highest BCUT2D eigenvalue weighted by Gasteiger charge is 2.09. The molecule has 0 bridgehead atoms. The average Bonchev–Trinajstić information content (AvgIpc) is 2.29. The van der Waals surface area contributed by atoms with Crippen molar-refractivity contribution in [3.8, 4) is 0 Å². The predicted octanol–water partition coefficient (Wildman–Crippen LogP) is 4.07. The van der Waals surface area contributed by atoms with Crippen molar-refractivity contribution in [1.82, 2.24) is 0 Å². The Bertz CT molecular complexity index is 379. The van der Waals surface area contributed by atoms with Gasteiger partial charge in [0.25, 0.3) is 0 Å². The summed E-state index contributed by atoms with van der Waals surface area (Å²) in [5.74, 6) is 0.811. The highest BCUT2D eigenvalue weighted by atomic mass is 14.9. The largest absolute Gasteiger partial charge is 0.385 e. The summed E-state index contributed by atoms with van der Waals surface area (Å²) < 4.78 is 0. The van der Waals surface area contributed by atoms with E-state index in [-0.39, 0.29) is 0 Å². The average molecular weight is 215 g/mol. The van der Waals surface area contributed by atoms with E-state index < -0.39 is 0 Å². The first-order chi connectivity index (χ1) is 7.75. The Morgan fingerprint density at radius 1 is 1.25 bits per heavy atom. The molecule has 0 aromatic heterocycles. The molecule has 1 nitrogen and oxygen atoms in total. The Morgan fingerprint density at radius 3 is 2.81 bits per heavy atom. The lowest BCUT2D eigenvalue weighted by Gasteiger charge is -2.19. The van der Waals surface area contributed by atoms with Gasteiger partial charge in [0.1, 0.15) is 0 Å². The van der Waals surface area contributed by atoms with Gasteiger partial charge >= 0.3 is 0 Å². The standard InChI is InChI=1S/C15H21N/c1-12-8-9-15(13(2)10-12)16-11-14-6-4-3-5-7-14/h3-4,8-10,14,16H,5-7,11H2,1-2H3. The minimum Gasteiger partial charge on any atom is -0.385 e. The predicted molar refractivity (Wildman–Crippen MR) is 70.9 cm³/mol. The van der Waals surface area contributed by atoms with Crippen molar-refractivity contribution in [2.24, 2.45) is 5.92 Å². The third kappa shape index (κ3) is 2.88. The minimum absolute atomic E-state index is 0.811. The molecule has 1 aromatic carbocycles. The lowest BCUT2D eigenvalue weighted by molar-refractivity contribution is 0.504. The van der Waals surface area contributed by atoms with Crippen LogP contribution in [0.1, 0.15) is 30.4 Å². The Balaban J connectivity index is 1.91. The van der Waals surface area contributed by atoms with Crippen LogP contribution in [0.3, 0.4) is 0 Å². The summed E-state index contributed by atoms with van der Waals surface area (Å²) in [6.07, 6.45) is 8.43. The Kier molecular flexibility index (Phi) is 3.66. The number of nitrogens with one attached hydrogen (secondary N) is 1. The molecule has 0 heterocycles. The van der Waals surface area contributed by atoms with Crippen LogP contribution in [0.5, 0.6) is 0 Å². The molecule has 1 atom stereocenters. The van der Waals surface area contributed by atoms with E-state index in [1.54, 1.807) is 0 Å². The summed E-state index contributed by atoms with van der Waals surface area (Å²) >= 11 is 0. The fourth-order valence-electron chi connectivity index (χ4n) is 2.31. The molecule has 0 radical (unpaired) electrons. The van der Waals surface area contributed by atoms with E-state index in [2.05, 4.69) is 49.5 Å². The van der Waals surface area contributed by atoms with Crippen molar-refractivity contribution in [3.05, 3.63) is 41.5 Å². The molecular formula is C15H21N. The summed E-state index contributed by atoms with van der Waals surface area (Å²) in [7, 11) is 0. The van der Waals surface area contributed by atoms with E-state index in [1.807, 2.05) is 0 Å². The van der Waals surface area contributed by atoms with E-state index in [1.165, 1.54) is 36.1 Å². The van der Waals surface area contributed by atoms with Crippen LogP contribution in [-0.4, -0.2) is 6.54 Å². The second-order valence-corrected chi connectivity index (χ2v) is 4.85. The van der Waals surface area contributed by atoms with Crippen molar-refractivity contribution in [2.75, 3.05) is 11.9 Å². The topological polar surface area (TPSA) is 12.0 Å². The molecule has 1 heteroatoms. The fourth-order valence-corrected chi connectivity index (χ4v) is 2.31. The number of hydrogen-bond acceptors (Lipinski definition) is 1. The molecule has 1 aromatic rings. The number of rotatable bonds is 3. The van der Waals surface area contributed by atoms with Crippen LogP contribution < -0.4 is 5.32 Å². The Hall–Kier alpha value is -1.24. The molecule has 0 fully saturated rings. The van der Waals surface area contributed by atoms with Crippen molar-refractivity contribution < 1.29 is 0 Å². The van der Waals surface area contributed by atoms with Crippen LogP contribution in [0.25, 0.3) is 0 Å². The normalized spacial score (nSPS) is 19.8. The summed E-state index contributed by atoms with van der Waals surface area (Å²) in [5.41, 5.74) is 3.98. The lowest BCUT2D eigenvalue weighted by atomic mass is 9.94. The molecule has 0 aliphatic heterocycles. The van der Waals surface area contributed by atoms with Gasteiger partial charge in [-0.3, -0.25) is 0 Å². The first kappa shape index (κ1) is 11.3. The highest BCUT2D eigenvalue weighted by molar-refractivity contribution is 5.51. The van der Waals surface area contributed by atoms with Gasteiger partial charge in [-0.2, -0.15) is 0 Å². The molecule has 1 unspecified atom stereocenters. The second kappa shape index (κ2) is 5.20. The van der Waals surface area contributed by atoms with Gasteiger partial charge in [-0.05, 0) is 50.7 Å². The summed E-state index contributed by atoms with van der Waals surface area (Å²) in [6, 6.07) is 6.61. The maximum absolute atomic E-state index is 3.58. The molecule has 0 spiro atoms. The fraction of sp³-hybridized carbons (Fsp3) is 0.467. The second-order valence-electron chi connectivity index (χ2n) is 4.85. The summed E-state index contributed by atoms with van der Waals surface area (Å²) in [5, 5.41) is 3.58.